The predicted octanol–water partition coefficient (Wildman–Crippen LogP) is 5.77. The van der Waals surface area contributed by atoms with Gasteiger partial charge in [0.25, 0.3) is 23.4 Å². The topological polar surface area (TPSA) is 144 Å². The third kappa shape index (κ3) is 5.78. The van der Waals surface area contributed by atoms with Crippen molar-refractivity contribution in [3.63, 3.8) is 0 Å². The van der Waals surface area contributed by atoms with Gasteiger partial charge in [0.05, 0.1) is 26.6 Å². The fourth-order valence-corrected chi connectivity index (χ4v) is 4.80. The second kappa shape index (κ2) is 12.0. The molecule has 13 heteroatoms. The number of benzene rings is 4. The van der Waals surface area contributed by atoms with Crippen LogP contribution in [0.15, 0.2) is 95.5 Å². The number of carbonyl (C=O) groups is 5. The van der Waals surface area contributed by atoms with Gasteiger partial charge in [-0.25, -0.2) is 9.80 Å². The van der Waals surface area contributed by atoms with Crippen molar-refractivity contribution < 1.29 is 33.6 Å². The molecular weight excluding hydrogens is 646 g/mol. The Balaban J connectivity index is 1.43. The Morgan fingerprint density at radius 2 is 1.51 bits per heavy atom. The Morgan fingerprint density at radius 3 is 2.16 bits per heavy atom. The minimum absolute atomic E-state index is 0.00974. The molecule has 0 unspecified atom stereocenters. The molecule has 0 saturated heterocycles. The van der Waals surface area contributed by atoms with E-state index in [1.54, 1.807) is 30.3 Å². The van der Waals surface area contributed by atoms with Crippen LogP contribution in [0.4, 0.5) is 5.69 Å². The number of ketones is 1. The Hall–Kier alpha value is -5.20. The van der Waals surface area contributed by atoms with Crippen LogP contribution in [0.5, 0.6) is 5.75 Å². The van der Waals surface area contributed by atoms with Crippen LogP contribution in [-0.2, 0) is 0 Å². The second-order valence-electron chi connectivity index (χ2n) is 9.07. The highest BCUT2D eigenvalue weighted by Gasteiger charge is 2.46. The van der Waals surface area contributed by atoms with Gasteiger partial charge in [-0.05, 0) is 66.7 Å². The molecule has 214 valence electrons. The normalized spacial score (nSPS) is 12.1. The summed E-state index contributed by atoms with van der Waals surface area (Å²) >= 11 is 9.50. The lowest BCUT2D eigenvalue weighted by molar-refractivity contribution is -0.385. The van der Waals surface area contributed by atoms with Crippen molar-refractivity contribution in [2.45, 2.75) is 0 Å². The van der Waals surface area contributed by atoms with Crippen LogP contribution in [0.1, 0.15) is 51.8 Å². The van der Waals surface area contributed by atoms with E-state index in [0.717, 1.165) is 10.5 Å². The summed E-state index contributed by atoms with van der Waals surface area (Å²) in [6.07, 6.45) is 0. The van der Waals surface area contributed by atoms with Crippen LogP contribution in [0.2, 0.25) is 5.02 Å². The van der Waals surface area contributed by atoms with Crippen LogP contribution >= 0.6 is 27.5 Å². The number of halogens is 2. The Labute approximate surface area is 256 Å². The number of hydrazine groups is 1. The zero-order valence-corrected chi connectivity index (χ0v) is 24.1. The Kier molecular flexibility index (Phi) is 8.15. The number of amides is 3. The standard InChI is InChI=1S/C30H17BrClN3O8/c31-19-12-8-18(9-13-19)30(40)43-20-14-10-17(11-15-20)25(36)16-33(27(37)21-4-1-2-6-23(21)32)34-28(38)22-5-3-7-24(35(41)42)26(22)29(34)39/h1-15H,16H2. The highest BCUT2D eigenvalue weighted by Crippen LogP contribution is 2.33. The molecule has 0 spiro atoms. The number of ether oxygens (including phenoxy) is 1. The van der Waals surface area contributed by atoms with Crippen molar-refractivity contribution in [1.29, 1.82) is 0 Å². The summed E-state index contributed by atoms with van der Waals surface area (Å²) < 4.78 is 6.13. The number of carbonyl (C=O) groups excluding carboxylic acids is 5. The van der Waals surface area contributed by atoms with Gasteiger partial charge in [0.1, 0.15) is 17.9 Å². The molecule has 1 aliphatic heterocycles. The van der Waals surface area contributed by atoms with Crippen molar-refractivity contribution in [2.75, 3.05) is 6.54 Å². The van der Waals surface area contributed by atoms with Gasteiger partial charge in [0, 0.05) is 16.1 Å². The molecule has 0 fully saturated rings. The summed E-state index contributed by atoms with van der Waals surface area (Å²) in [7, 11) is 0. The minimum atomic E-state index is -1.14. The predicted molar refractivity (Wildman–Crippen MR) is 156 cm³/mol. The minimum Gasteiger partial charge on any atom is -0.423 e. The van der Waals surface area contributed by atoms with Crippen molar-refractivity contribution in [1.82, 2.24) is 10.0 Å². The van der Waals surface area contributed by atoms with Crippen LogP contribution in [-0.4, -0.2) is 51.0 Å². The number of imide groups is 1. The lowest BCUT2D eigenvalue weighted by atomic mass is 10.1. The van der Waals surface area contributed by atoms with Gasteiger partial charge in [-0.3, -0.25) is 29.3 Å². The number of rotatable bonds is 8. The Morgan fingerprint density at radius 1 is 0.860 bits per heavy atom. The van der Waals surface area contributed by atoms with E-state index in [4.69, 9.17) is 16.3 Å². The fourth-order valence-electron chi connectivity index (χ4n) is 4.32. The zero-order valence-electron chi connectivity index (χ0n) is 21.7. The van der Waals surface area contributed by atoms with Gasteiger partial charge in [-0.15, -0.1) is 0 Å². The lowest BCUT2D eigenvalue weighted by Gasteiger charge is -2.29. The van der Waals surface area contributed by atoms with Crippen LogP contribution in [0, 0.1) is 10.1 Å². The van der Waals surface area contributed by atoms with Crippen molar-refractivity contribution in [2.24, 2.45) is 0 Å². The molecule has 0 bridgehead atoms. The third-order valence-electron chi connectivity index (χ3n) is 6.41. The molecule has 0 aliphatic carbocycles. The molecule has 0 atom stereocenters. The van der Waals surface area contributed by atoms with E-state index in [0.29, 0.717) is 15.6 Å². The highest BCUT2D eigenvalue weighted by molar-refractivity contribution is 9.10. The molecule has 0 saturated carbocycles. The number of nitro groups is 1. The summed E-state index contributed by atoms with van der Waals surface area (Å²) in [6.45, 7) is -0.804. The molecule has 4 aromatic carbocycles. The first-order valence-corrected chi connectivity index (χ1v) is 13.6. The summed E-state index contributed by atoms with van der Waals surface area (Å²) in [6, 6.07) is 21.3. The molecular formula is C30H17BrClN3O8. The zero-order chi connectivity index (χ0) is 30.8. The van der Waals surface area contributed by atoms with Gasteiger partial charge < -0.3 is 4.74 Å². The fraction of sp³-hybridized carbons (Fsp3) is 0.0333. The van der Waals surface area contributed by atoms with E-state index in [9.17, 15) is 34.1 Å². The highest BCUT2D eigenvalue weighted by atomic mass is 79.9. The number of Topliss-reactive ketones (excluding diaryl/α,β-unsaturated/α-hetero) is 1. The van der Waals surface area contributed by atoms with E-state index >= 15 is 0 Å². The molecule has 0 radical (unpaired) electrons. The van der Waals surface area contributed by atoms with Crippen molar-refractivity contribution >= 4 is 62.7 Å². The molecule has 5 rings (SSSR count). The lowest BCUT2D eigenvalue weighted by Crippen LogP contribution is -2.51. The first kappa shape index (κ1) is 29.3. The molecule has 1 heterocycles. The van der Waals surface area contributed by atoms with E-state index in [-0.39, 0.29) is 27.5 Å². The molecule has 3 amide bonds. The van der Waals surface area contributed by atoms with Gasteiger partial charge in [-0.1, -0.05) is 45.7 Å². The first-order valence-electron chi connectivity index (χ1n) is 12.4. The van der Waals surface area contributed by atoms with Crippen molar-refractivity contribution in [3.05, 3.63) is 138 Å². The summed E-state index contributed by atoms with van der Waals surface area (Å²) in [5, 5.41) is 12.6. The smallest absolute Gasteiger partial charge is 0.343 e. The van der Waals surface area contributed by atoms with E-state index < -0.39 is 52.2 Å². The van der Waals surface area contributed by atoms with Gasteiger partial charge in [-0.2, -0.15) is 5.01 Å². The average molecular weight is 663 g/mol. The third-order valence-corrected chi connectivity index (χ3v) is 7.27. The molecule has 1 aliphatic rings. The molecule has 11 nitrogen and oxygen atoms in total. The maximum Gasteiger partial charge on any atom is 0.343 e. The first-order chi connectivity index (χ1) is 20.6. The summed E-state index contributed by atoms with van der Waals surface area (Å²) in [5.74, 6) is -4.31. The second-order valence-corrected chi connectivity index (χ2v) is 10.4. The maximum atomic E-state index is 13.7. The van der Waals surface area contributed by atoms with Gasteiger partial charge >= 0.3 is 5.97 Å². The van der Waals surface area contributed by atoms with E-state index in [2.05, 4.69) is 15.9 Å². The van der Waals surface area contributed by atoms with Crippen LogP contribution < -0.4 is 4.74 Å². The van der Waals surface area contributed by atoms with E-state index in [1.165, 1.54) is 54.6 Å². The SMILES string of the molecule is O=C(CN(C(=O)c1ccccc1Cl)N1C(=O)c2cccc([N+](=O)[O-])c2C1=O)c1ccc(OC(=O)c2ccc(Br)cc2)cc1. The number of nitrogens with zero attached hydrogens (tertiary/aromatic N) is 3. The number of hydrogen-bond acceptors (Lipinski definition) is 8. The van der Waals surface area contributed by atoms with Crippen molar-refractivity contribution in [3.8, 4) is 5.75 Å². The summed E-state index contributed by atoms with van der Waals surface area (Å²) in [4.78, 5) is 77.0. The monoisotopic (exact) mass is 661 g/mol. The molecule has 4 aromatic rings. The molecule has 43 heavy (non-hydrogen) atoms. The van der Waals surface area contributed by atoms with Gasteiger partial charge in [0.2, 0.25) is 0 Å². The average Bonchev–Trinajstić information content (AvgIpc) is 3.25. The number of nitro benzene ring substituents is 1. The number of hydrogen-bond donors (Lipinski definition) is 0. The molecule has 0 aromatic heterocycles. The molecule has 0 N–H and O–H groups in total. The van der Waals surface area contributed by atoms with Crippen LogP contribution in [0.25, 0.3) is 0 Å². The summed E-state index contributed by atoms with van der Waals surface area (Å²) in [5.41, 5.74) is -1.16. The maximum absolute atomic E-state index is 13.7. The van der Waals surface area contributed by atoms with Crippen LogP contribution in [0.3, 0.4) is 0 Å². The Bertz CT molecular complexity index is 1830. The quantitative estimate of drug-likeness (QED) is 0.0578. The number of esters is 1. The van der Waals surface area contributed by atoms with Gasteiger partial charge in [0.15, 0.2) is 5.78 Å². The van der Waals surface area contributed by atoms with E-state index in [1.807, 2.05) is 0 Å². The largest absolute Gasteiger partial charge is 0.423 e. The number of fused-ring (bicyclic) bond motifs is 1.